The van der Waals surface area contributed by atoms with E-state index in [0.29, 0.717) is 0 Å². The van der Waals surface area contributed by atoms with Gasteiger partial charge >= 0.3 is 15.2 Å². The van der Waals surface area contributed by atoms with Crippen LogP contribution in [0, 0.1) is 0 Å². The zero-order chi connectivity index (χ0) is 13.2. The molecule has 0 spiro atoms. The van der Waals surface area contributed by atoms with Gasteiger partial charge in [0.15, 0.2) is 0 Å². The molecular weight excluding hydrogens is 258 g/mol. The minimum Gasteiger partial charge on any atom is -0.329 e. The van der Waals surface area contributed by atoms with Crippen molar-refractivity contribution in [1.29, 1.82) is 0 Å². The first kappa shape index (κ1) is 16.2. The van der Waals surface area contributed by atoms with Crippen LogP contribution in [-0.2, 0) is 9.13 Å². The molecule has 0 rings (SSSR count). The van der Waals surface area contributed by atoms with Gasteiger partial charge in [-0.15, -0.1) is 0 Å². The third-order valence-corrected chi connectivity index (χ3v) is 5.70. The highest BCUT2D eigenvalue weighted by molar-refractivity contribution is 7.57. The maximum Gasteiger partial charge on any atom is 0.343 e. The van der Waals surface area contributed by atoms with Crippen molar-refractivity contribution in [1.82, 2.24) is 5.32 Å². The molecule has 8 nitrogen and oxygen atoms in total. The summed E-state index contributed by atoms with van der Waals surface area (Å²) in [5.41, 5.74) is 5.16. The van der Waals surface area contributed by atoms with Crippen molar-refractivity contribution < 1.29 is 28.7 Å². The first-order chi connectivity index (χ1) is 6.94. The summed E-state index contributed by atoms with van der Waals surface area (Å²) in [5.74, 6) is -1.63. The minimum absolute atomic E-state index is 0.0548. The number of hydrogen-bond acceptors (Lipinski definition) is 4. The van der Waals surface area contributed by atoms with Crippen LogP contribution in [0.1, 0.15) is 13.8 Å². The van der Waals surface area contributed by atoms with Gasteiger partial charge in [-0.1, -0.05) is 0 Å². The fourth-order valence-corrected chi connectivity index (χ4v) is 3.66. The molecule has 0 aromatic heterocycles. The van der Waals surface area contributed by atoms with Gasteiger partial charge in [0.2, 0.25) is 0 Å². The fraction of sp³-hybridized carbons (Fsp3) is 1.00. The minimum atomic E-state index is -4.68. The summed E-state index contributed by atoms with van der Waals surface area (Å²) in [6.07, 6.45) is 0. The highest BCUT2D eigenvalue weighted by Gasteiger charge is 2.52. The van der Waals surface area contributed by atoms with Crippen molar-refractivity contribution in [3.05, 3.63) is 0 Å². The maximum atomic E-state index is 11.2. The van der Waals surface area contributed by atoms with E-state index in [1.807, 2.05) is 0 Å². The Labute approximate surface area is 93.6 Å². The first-order valence-electron chi connectivity index (χ1n) is 4.49. The van der Waals surface area contributed by atoms with Gasteiger partial charge in [-0.05, 0) is 13.8 Å². The van der Waals surface area contributed by atoms with Crippen molar-refractivity contribution in [2.45, 2.75) is 24.8 Å². The molecule has 16 heavy (non-hydrogen) atoms. The molecule has 0 aliphatic carbocycles. The largest absolute Gasteiger partial charge is 0.343 e. The van der Waals surface area contributed by atoms with E-state index >= 15 is 0 Å². The third-order valence-electron chi connectivity index (χ3n) is 2.24. The van der Waals surface area contributed by atoms with E-state index in [4.69, 9.17) is 25.3 Å². The normalized spacial score (nSPS) is 16.2. The van der Waals surface area contributed by atoms with Crippen molar-refractivity contribution in [3.8, 4) is 0 Å². The molecule has 10 heteroatoms. The number of hydrogen-bond donors (Lipinski definition) is 6. The fourth-order valence-electron chi connectivity index (χ4n) is 1.16. The maximum absolute atomic E-state index is 11.2. The lowest BCUT2D eigenvalue weighted by Gasteiger charge is -2.35. The van der Waals surface area contributed by atoms with Crippen LogP contribution in [0.25, 0.3) is 0 Å². The van der Waals surface area contributed by atoms with Crippen LogP contribution in [0.5, 0.6) is 0 Å². The smallest absolute Gasteiger partial charge is 0.329 e. The lowest BCUT2D eigenvalue weighted by Crippen LogP contribution is -2.47. The van der Waals surface area contributed by atoms with Gasteiger partial charge in [-0.25, -0.2) is 0 Å². The molecule has 7 N–H and O–H groups in total. The molecule has 0 radical (unpaired) electrons. The van der Waals surface area contributed by atoms with Crippen molar-refractivity contribution in [2.24, 2.45) is 5.73 Å². The lowest BCUT2D eigenvalue weighted by atomic mass is 10.2. The summed E-state index contributed by atoms with van der Waals surface area (Å²) in [5, 5.41) is 0.502. The quantitative estimate of drug-likeness (QED) is 0.337. The molecule has 98 valence electrons. The molecule has 0 heterocycles. The summed E-state index contributed by atoms with van der Waals surface area (Å²) >= 11 is 0. The van der Waals surface area contributed by atoms with Crippen LogP contribution in [-0.4, -0.2) is 43.6 Å². The van der Waals surface area contributed by atoms with Crippen LogP contribution in [0.2, 0.25) is 0 Å². The third kappa shape index (κ3) is 3.91. The topological polar surface area (TPSA) is 153 Å². The second-order valence-corrected chi connectivity index (χ2v) is 7.87. The number of nitrogens with two attached hydrogens (primary N) is 1. The molecule has 1 atom stereocenters. The highest BCUT2D eigenvalue weighted by atomic mass is 31.2. The Hall–Kier alpha value is 0.220. The summed E-state index contributed by atoms with van der Waals surface area (Å²) < 4.78 is 22.4. The molecule has 1 unspecified atom stereocenters. The lowest BCUT2D eigenvalue weighted by molar-refractivity contribution is 0.291. The van der Waals surface area contributed by atoms with E-state index in [1.54, 1.807) is 0 Å². The molecule has 0 aliphatic rings. The number of rotatable bonds is 6. The summed E-state index contributed by atoms with van der Waals surface area (Å²) in [6.45, 7) is 2.36. The molecule has 0 amide bonds. The predicted octanol–water partition coefficient (Wildman–Crippen LogP) is -1.01. The van der Waals surface area contributed by atoms with E-state index < -0.39 is 26.1 Å². The summed E-state index contributed by atoms with van der Waals surface area (Å²) in [6, 6.07) is 0. The van der Waals surface area contributed by atoms with Crippen LogP contribution < -0.4 is 11.1 Å². The van der Waals surface area contributed by atoms with Crippen LogP contribution in [0.15, 0.2) is 0 Å². The highest BCUT2D eigenvalue weighted by Crippen LogP contribution is 2.59. The van der Waals surface area contributed by atoms with Crippen LogP contribution >= 0.6 is 15.2 Å². The Bertz CT molecular complexity index is 321. The van der Waals surface area contributed by atoms with Crippen molar-refractivity contribution in [3.63, 3.8) is 0 Å². The van der Waals surface area contributed by atoms with Gasteiger partial charge in [0.1, 0.15) is 5.78 Å². The number of nitrogens with one attached hydrogen (secondary N) is 1. The second-order valence-electron chi connectivity index (χ2n) is 3.93. The van der Waals surface area contributed by atoms with E-state index in [0.717, 1.165) is 13.8 Å². The van der Waals surface area contributed by atoms with Gasteiger partial charge in [0.05, 0.1) is 5.16 Å². The Morgan fingerprint density at radius 3 is 1.94 bits per heavy atom. The van der Waals surface area contributed by atoms with E-state index in [9.17, 15) is 9.13 Å². The average Bonchev–Trinajstić information content (AvgIpc) is 1.99. The molecule has 0 saturated heterocycles. The molecular formula is C6H18N2O6P2. The Morgan fingerprint density at radius 1 is 1.25 bits per heavy atom. The average molecular weight is 276 g/mol. The van der Waals surface area contributed by atoms with E-state index in [1.165, 1.54) is 0 Å². The van der Waals surface area contributed by atoms with Crippen molar-refractivity contribution >= 4 is 15.2 Å². The second kappa shape index (κ2) is 5.25. The first-order valence-corrected chi connectivity index (χ1v) is 7.78. The van der Waals surface area contributed by atoms with E-state index in [2.05, 4.69) is 5.32 Å². The summed E-state index contributed by atoms with van der Waals surface area (Å²) in [7, 11) is -9.34. The summed E-state index contributed by atoms with van der Waals surface area (Å²) in [4.78, 5) is 36.3. The molecule has 0 aromatic carbocycles. The van der Waals surface area contributed by atoms with E-state index in [-0.39, 0.29) is 13.1 Å². The van der Waals surface area contributed by atoms with Gasteiger partial charge < -0.3 is 30.6 Å². The monoisotopic (exact) mass is 276 g/mol. The molecule has 0 fully saturated rings. The van der Waals surface area contributed by atoms with Gasteiger partial charge in [0, 0.05) is 13.1 Å². The van der Waals surface area contributed by atoms with Crippen LogP contribution in [0.3, 0.4) is 0 Å². The zero-order valence-corrected chi connectivity index (χ0v) is 10.9. The predicted molar refractivity (Wildman–Crippen MR) is 59.0 cm³/mol. The zero-order valence-electron chi connectivity index (χ0n) is 9.07. The Balaban J connectivity index is 5.20. The molecule has 0 aliphatic heterocycles. The molecule has 0 aromatic rings. The van der Waals surface area contributed by atoms with Gasteiger partial charge in [-0.3, -0.25) is 9.13 Å². The Kier molecular flexibility index (Phi) is 5.32. The van der Waals surface area contributed by atoms with Crippen LogP contribution in [0.4, 0.5) is 0 Å². The van der Waals surface area contributed by atoms with Gasteiger partial charge in [0.25, 0.3) is 0 Å². The standard InChI is InChI=1S/C6H18N2O6P2/c1-6(2,16(12,13)14)5(8-4-3-7)15(9,10)11/h5,8H,3-4,7H2,1-2H3,(H2,9,10,11)(H2,12,13,14). The SMILES string of the molecule is CC(C)(C(NCCN)P(=O)(O)O)P(=O)(O)O. The Morgan fingerprint density at radius 2 is 1.69 bits per heavy atom. The molecule has 0 saturated carbocycles. The van der Waals surface area contributed by atoms with Crippen molar-refractivity contribution in [2.75, 3.05) is 13.1 Å². The molecule has 0 bridgehead atoms. The van der Waals surface area contributed by atoms with Gasteiger partial charge in [-0.2, -0.15) is 0 Å².